The number of H-pyrrole nitrogens is 1. The van der Waals surface area contributed by atoms with Gasteiger partial charge in [0.15, 0.2) is 0 Å². The molecule has 15 nitrogen and oxygen atoms in total. The Hall–Kier alpha value is -6.55. The summed E-state index contributed by atoms with van der Waals surface area (Å²) in [7, 11) is 1.91. The SMILES string of the molecule is CCCc1cc(C)[nH]c(=O)c1CNC(=O)c1cc(-c2ccc(N3CCC(N(C)Cc4ccc5c(c4F)C(=O)N(C4CCC(=O)NC4=O)C5=O)CC3)nc2)cc2c1cnn2C(C)C. The molecule has 0 bridgehead atoms. The molecule has 0 saturated carbocycles. The molecule has 2 saturated heterocycles. The van der Waals surface area contributed by atoms with Crippen molar-refractivity contribution < 1.29 is 28.4 Å². The van der Waals surface area contributed by atoms with Gasteiger partial charge in [-0.25, -0.2) is 9.37 Å². The maximum atomic E-state index is 16.0. The third-order valence-electron chi connectivity index (χ3n) is 12.3. The molecular weight excluding hydrogens is 794 g/mol. The predicted molar refractivity (Wildman–Crippen MR) is 230 cm³/mol. The van der Waals surface area contributed by atoms with Crippen molar-refractivity contribution in [2.24, 2.45) is 0 Å². The molecule has 3 N–H and O–H groups in total. The summed E-state index contributed by atoms with van der Waals surface area (Å²) in [4.78, 5) is 90.1. The second-order valence-electron chi connectivity index (χ2n) is 16.8. The van der Waals surface area contributed by atoms with Crippen LogP contribution in [0.15, 0.2) is 59.7 Å². The van der Waals surface area contributed by atoms with Crippen molar-refractivity contribution in [3.63, 3.8) is 0 Å². The highest BCUT2D eigenvalue weighted by atomic mass is 19.1. The number of aromatic amines is 1. The Balaban J connectivity index is 0.936. The highest BCUT2D eigenvalue weighted by molar-refractivity contribution is 6.23. The minimum absolute atomic E-state index is 0.00435. The van der Waals surface area contributed by atoms with Gasteiger partial charge in [0.25, 0.3) is 23.3 Å². The fourth-order valence-electron chi connectivity index (χ4n) is 9.01. The third-order valence-corrected chi connectivity index (χ3v) is 12.3. The number of benzene rings is 2. The lowest BCUT2D eigenvalue weighted by Crippen LogP contribution is -2.54. The highest BCUT2D eigenvalue weighted by Gasteiger charge is 2.46. The first-order valence-electron chi connectivity index (χ1n) is 21.2. The number of hydrogen-bond donors (Lipinski definition) is 3. The number of carbonyl (C=O) groups is 5. The van der Waals surface area contributed by atoms with E-state index < -0.39 is 35.5 Å². The van der Waals surface area contributed by atoms with Crippen molar-refractivity contribution in [3.8, 4) is 11.1 Å². The number of fused-ring (bicyclic) bond motifs is 2. The molecule has 0 radical (unpaired) electrons. The van der Waals surface area contributed by atoms with Gasteiger partial charge in [-0.3, -0.25) is 48.6 Å². The molecule has 0 aliphatic carbocycles. The monoisotopic (exact) mass is 843 g/mol. The lowest BCUT2D eigenvalue weighted by atomic mass is 9.99. The summed E-state index contributed by atoms with van der Waals surface area (Å²) in [5, 5.41) is 10.5. The van der Waals surface area contributed by atoms with Crippen LogP contribution in [0.2, 0.25) is 0 Å². The number of aryl methyl sites for hydroxylation is 2. The van der Waals surface area contributed by atoms with Crippen LogP contribution in [0.5, 0.6) is 0 Å². The van der Waals surface area contributed by atoms with Gasteiger partial charge in [0.1, 0.15) is 17.7 Å². The molecule has 6 heterocycles. The van der Waals surface area contributed by atoms with Crippen LogP contribution in [0.25, 0.3) is 22.0 Å². The number of pyridine rings is 2. The number of imide groups is 2. The standard InChI is InChI=1S/C46H50FN9O6/c1-6-7-27-18-26(4)51-43(59)34(27)22-49-42(58)33-19-30(20-37-35(33)23-50-56(37)25(2)3)28-9-12-38(48-21-28)54-16-14-31(15-17-54)53(5)24-29-8-10-32-40(41(29)47)46(62)55(45(32)61)36-11-13-39(57)52-44(36)60/h8-10,12,18-21,23,25,31,36H,6-7,11,13-17,22,24H2,1-5H3,(H,49,58)(H,51,59)(H,52,57,60). The van der Waals surface area contributed by atoms with E-state index in [0.29, 0.717) is 29.6 Å². The number of carbonyl (C=O) groups excluding carboxylic acids is 5. The quantitative estimate of drug-likeness (QED) is 0.141. The summed E-state index contributed by atoms with van der Waals surface area (Å²) < 4.78 is 17.9. The zero-order valence-electron chi connectivity index (χ0n) is 35.5. The fourth-order valence-corrected chi connectivity index (χ4v) is 9.01. The first kappa shape index (κ1) is 42.2. The number of piperidine rings is 2. The minimum atomic E-state index is -1.17. The second kappa shape index (κ2) is 17.1. The van der Waals surface area contributed by atoms with E-state index in [2.05, 4.69) is 32.5 Å². The Bertz CT molecular complexity index is 2680. The number of halogens is 1. The minimum Gasteiger partial charge on any atom is -0.357 e. The van der Waals surface area contributed by atoms with Crippen LogP contribution in [0.4, 0.5) is 10.2 Å². The third kappa shape index (κ3) is 7.90. The summed E-state index contributed by atoms with van der Waals surface area (Å²) in [5.41, 5.74) is 4.81. The smallest absolute Gasteiger partial charge is 0.265 e. The van der Waals surface area contributed by atoms with Crippen LogP contribution in [0, 0.1) is 12.7 Å². The number of nitrogens with zero attached hydrogens (tertiary/aromatic N) is 6. The van der Waals surface area contributed by atoms with Crippen LogP contribution < -0.4 is 21.1 Å². The van der Waals surface area contributed by atoms with Crippen molar-refractivity contribution in [2.75, 3.05) is 25.0 Å². The zero-order chi connectivity index (χ0) is 44.0. The molecule has 16 heteroatoms. The average Bonchev–Trinajstić information content (AvgIpc) is 3.79. The average molecular weight is 844 g/mol. The number of rotatable bonds is 12. The molecule has 3 aromatic heterocycles. The Morgan fingerprint density at radius 1 is 0.968 bits per heavy atom. The molecule has 62 heavy (non-hydrogen) atoms. The number of amides is 5. The van der Waals surface area contributed by atoms with E-state index in [4.69, 9.17) is 4.98 Å². The molecule has 2 aromatic carbocycles. The summed E-state index contributed by atoms with van der Waals surface area (Å²) in [6.45, 7) is 9.69. The van der Waals surface area contributed by atoms with Crippen LogP contribution >= 0.6 is 0 Å². The van der Waals surface area contributed by atoms with Gasteiger partial charge in [0.2, 0.25) is 11.8 Å². The number of hydrogen-bond acceptors (Lipinski definition) is 10. The highest BCUT2D eigenvalue weighted by Crippen LogP contribution is 2.33. The maximum Gasteiger partial charge on any atom is 0.265 e. The van der Waals surface area contributed by atoms with Crippen molar-refractivity contribution in [1.82, 2.24) is 40.2 Å². The first-order chi connectivity index (χ1) is 29.7. The van der Waals surface area contributed by atoms with E-state index in [9.17, 15) is 28.8 Å². The van der Waals surface area contributed by atoms with E-state index in [1.165, 1.54) is 12.1 Å². The van der Waals surface area contributed by atoms with Crippen molar-refractivity contribution >= 4 is 46.3 Å². The summed E-state index contributed by atoms with van der Waals surface area (Å²) >= 11 is 0. The molecular formula is C46H50FN9O6. The topological polar surface area (TPSA) is 183 Å². The Morgan fingerprint density at radius 2 is 1.74 bits per heavy atom. The molecule has 3 aliphatic rings. The van der Waals surface area contributed by atoms with Gasteiger partial charge in [-0.2, -0.15) is 5.10 Å². The van der Waals surface area contributed by atoms with E-state index in [1.54, 1.807) is 12.4 Å². The lowest BCUT2D eigenvalue weighted by Gasteiger charge is -2.37. The van der Waals surface area contributed by atoms with E-state index in [1.807, 2.05) is 67.7 Å². The second-order valence-corrected chi connectivity index (χ2v) is 16.8. The van der Waals surface area contributed by atoms with Crippen molar-refractivity contribution in [3.05, 3.63) is 110 Å². The van der Waals surface area contributed by atoms with Crippen LogP contribution in [-0.2, 0) is 29.1 Å². The lowest BCUT2D eigenvalue weighted by molar-refractivity contribution is -0.136. The number of nitrogens with one attached hydrogen (secondary N) is 3. The molecule has 2 fully saturated rings. The molecule has 3 aliphatic heterocycles. The normalized spacial score (nSPS) is 17.1. The Labute approximate surface area is 357 Å². The van der Waals surface area contributed by atoms with Gasteiger partial charge >= 0.3 is 0 Å². The van der Waals surface area contributed by atoms with Gasteiger partial charge in [-0.05, 0) is 101 Å². The first-order valence-corrected chi connectivity index (χ1v) is 21.2. The van der Waals surface area contributed by atoms with Crippen LogP contribution in [-0.4, -0.2) is 91.3 Å². The van der Waals surface area contributed by atoms with Crippen molar-refractivity contribution in [2.45, 2.75) is 97.4 Å². The molecule has 0 spiro atoms. The predicted octanol–water partition coefficient (Wildman–Crippen LogP) is 5.20. The van der Waals surface area contributed by atoms with Gasteiger partial charge in [-0.15, -0.1) is 0 Å². The maximum absolute atomic E-state index is 16.0. The molecule has 5 aromatic rings. The van der Waals surface area contributed by atoms with E-state index in [0.717, 1.165) is 64.3 Å². The summed E-state index contributed by atoms with van der Waals surface area (Å²) in [5.74, 6) is -3.10. The van der Waals surface area contributed by atoms with E-state index >= 15 is 4.39 Å². The van der Waals surface area contributed by atoms with Gasteiger partial charge < -0.3 is 15.2 Å². The Morgan fingerprint density at radius 3 is 2.44 bits per heavy atom. The van der Waals surface area contributed by atoms with Crippen molar-refractivity contribution in [1.29, 1.82) is 0 Å². The largest absolute Gasteiger partial charge is 0.357 e. The number of anilines is 1. The summed E-state index contributed by atoms with van der Waals surface area (Å²) in [6, 6.07) is 11.7. The van der Waals surface area contributed by atoms with Crippen LogP contribution in [0.1, 0.15) is 112 Å². The molecule has 8 rings (SSSR count). The molecule has 5 amide bonds. The Kier molecular flexibility index (Phi) is 11.6. The zero-order valence-corrected chi connectivity index (χ0v) is 35.5. The van der Waals surface area contributed by atoms with Crippen LogP contribution in [0.3, 0.4) is 0 Å². The fraction of sp³-hybridized carbons (Fsp3) is 0.391. The molecule has 1 unspecified atom stereocenters. The van der Waals surface area contributed by atoms with Gasteiger partial charge in [0, 0.05) is 78.7 Å². The number of aromatic nitrogens is 4. The van der Waals surface area contributed by atoms with Gasteiger partial charge in [0.05, 0.1) is 28.4 Å². The molecule has 322 valence electrons. The van der Waals surface area contributed by atoms with E-state index in [-0.39, 0.29) is 66.2 Å². The van der Waals surface area contributed by atoms with Gasteiger partial charge in [-0.1, -0.05) is 19.4 Å². The summed E-state index contributed by atoms with van der Waals surface area (Å²) in [6.07, 6.45) is 6.65. The molecule has 1 atom stereocenters.